The molecule has 168 valence electrons. The quantitative estimate of drug-likeness (QED) is 0.424. The highest BCUT2D eigenvalue weighted by Gasteiger charge is 2.15. The van der Waals surface area contributed by atoms with Gasteiger partial charge in [-0.1, -0.05) is 0 Å². The Morgan fingerprint density at radius 1 is 1.12 bits per heavy atom. The molecule has 0 spiro atoms. The third-order valence-electron chi connectivity index (χ3n) is 5.48. The summed E-state index contributed by atoms with van der Waals surface area (Å²) in [5.74, 6) is 0.826. The average Bonchev–Trinajstić information content (AvgIpc) is 2.85. The minimum atomic E-state index is -0.236. The fraction of sp³-hybridized carbons (Fsp3) is 0.217. The van der Waals surface area contributed by atoms with E-state index in [0.717, 1.165) is 37.7 Å². The molecular formula is C23H23N7O3. The molecule has 10 heteroatoms. The zero-order chi connectivity index (χ0) is 22.8. The summed E-state index contributed by atoms with van der Waals surface area (Å²) in [5, 5.41) is 4.46. The Morgan fingerprint density at radius 3 is 2.67 bits per heavy atom. The number of rotatable bonds is 5. The zero-order valence-corrected chi connectivity index (χ0v) is 18.0. The number of hydrogen-bond acceptors (Lipinski definition) is 9. The van der Waals surface area contributed by atoms with Crippen LogP contribution in [0.5, 0.6) is 5.88 Å². The maximum Gasteiger partial charge on any atom is 0.259 e. The number of nitrogen functional groups attached to an aromatic ring is 1. The maximum atomic E-state index is 12.6. The summed E-state index contributed by atoms with van der Waals surface area (Å²) < 4.78 is 10.6. The van der Waals surface area contributed by atoms with E-state index >= 15 is 0 Å². The Hall–Kier alpha value is -4.18. The van der Waals surface area contributed by atoms with E-state index in [-0.39, 0.29) is 17.3 Å². The monoisotopic (exact) mass is 445 g/mol. The predicted molar refractivity (Wildman–Crippen MR) is 127 cm³/mol. The summed E-state index contributed by atoms with van der Waals surface area (Å²) in [6.45, 7) is 3.18. The minimum Gasteiger partial charge on any atom is -0.478 e. The number of ether oxygens (including phenoxy) is 2. The van der Waals surface area contributed by atoms with E-state index in [2.05, 4.69) is 30.2 Å². The lowest BCUT2D eigenvalue weighted by atomic mass is 10.1. The van der Waals surface area contributed by atoms with E-state index in [9.17, 15) is 4.79 Å². The molecule has 0 saturated carbocycles. The zero-order valence-electron chi connectivity index (χ0n) is 18.0. The van der Waals surface area contributed by atoms with Crippen LogP contribution in [0.1, 0.15) is 0 Å². The van der Waals surface area contributed by atoms with Gasteiger partial charge in [-0.3, -0.25) is 4.79 Å². The van der Waals surface area contributed by atoms with Gasteiger partial charge in [-0.15, -0.1) is 0 Å². The molecule has 0 aliphatic carbocycles. The highest BCUT2D eigenvalue weighted by atomic mass is 16.5. The Labute approximate surface area is 189 Å². The fourth-order valence-electron chi connectivity index (χ4n) is 3.80. The number of benzene rings is 1. The van der Waals surface area contributed by atoms with Crippen molar-refractivity contribution >= 4 is 33.8 Å². The molecule has 4 aromatic rings. The molecule has 1 aliphatic heterocycles. The van der Waals surface area contributed by atoms with E-state index in [1.54, 1.807) is 12.3 Å². The molecule has 4 N–H and O–H groups in total. The van der Waals surface area contributed by atoms with Gasteiger partial charge < -0.3 is 30.4 Å². The molecule has 0 radical (unpaired) electrons. The smallest absolute Gasteiger partial charge is 0.259 e. The molecule has 0 unspecified atom stereocenters. The van der Waals surface area contributed by atoms with E-state index in [0.29, 0.717) is 28.0 Å². The molecule has 10 nitrogen and oxygen atoms in total. The third kappa shape index (κ3) is 4.15. The highest BCUT2D eigenvalue weighted by Crippen LogP contribution is 2.29. The third-order valence-corrected chi connectivity index (χ3v) is 5.48. The molecule has 0 bridgehead atoms. The van der Waals surface area contributed by atoms with Gasteiger partial charge in [-0.2, -0.15) is 0 Å². The van der Waals surface area contributed by atoms with Crippen LogP contribution in [0.2, 0.25) is 0 Å². The summed E-state index contributed by atoms with van der Waals surface area (Å²) >= 11 is 0. The number of H-pyrrole nitrogens is 1. The van der Waals surface area contributed by atoms with Crippen LogP contribution in [-0.2, 0) is 4.74 Å². The molecule has 1 aliphatic rings. The first-order valence-electron chi connectivity index (χ1n) is 10.5. The van der Waals surface area contributed by atoms with Crippen LogP contribution in [0.3, 0.4) is 0 Å². The normalized spacial score (nSPS) is 13.8. The van der Waals surface area contributed by atoms with E-state index in [1.807, 2.05) is 30.3 Å². The molecule has 0 atom stereocenters. The van der Waals surface area contributed by atoms with Crippen LogP contribution >= 0.6 is 0 Å². The van der Waals surface area contributed by atoms with Crippen molar-refractivity contribution in [2.75, 3.05) is 49.4 Å². The second-order valence-corrected chi connectivity index (χ2v) is 7.55. The summed E-state index contributed by atoms with van der Waals surface area (Å²) in [5.41, 5.74) is 8.51. The van der Waals surface area contributed by atoms with Crippen molar-refractivity contribution in [1.82, 2.24) is 19.9 Å². The number of aromatic amines is 1. The number of methoxy groups -OCH3 is 1. The average molecular weight is 445 g/mol. The van der Waals surface area contributed by atoms with Crippen molar-refractivity contribution in [3.05, 3.63) is 59.1 Å². The predicted octanol–water partition coefficient (Wildman–Crippen LogP) is 2.55. The van der Waals surface area contributed by atoms with Gasteiger partial charge in [-0.05, 0) is 41.8 Å². The van der Waals surface area contributed by atoms with Gasteiger partial charge in [0.2, 0.25) is 0 Å². The van der Waals surface area contributed by atoms with Gasteiger partial charge >= 0.3 is 0 Å². The number of anilines is 4. The van der Waals surface area contributed by atoms with Crippen molar-refractivity contribution in [2.24, 2.45) is 0 Å². The van der Waals surface area contributed by atoms with Gasteiger partial charge in [0.1, 0.15) is 11.5 Å². The highest BCUT2D eigenvalue weighted by molar-refractivity contribution is 5.95. The number of morpholine rings is 1. The number of fused-ring (bicyclic) bond motifs is 1. The second kappa shape index (κ2) is 8.75. The maximum absolute atomic E-state index is 12.6. The summed E-state index contributed by atoms with van der Waals surface area (Å²) in [6, 6.07) is 11.6. The van der Waals surface area contributed by atoms with Gasteiger partial charge in [0.15, 0.2) is 5.82 Å². The molecule has 0 amide bonds. The van der Waals surface area contributed by atoms with Crippen molar-refractivity contribution in [2.45, 2.75) is 0 Å². The van der Waals surface area contributed by atoms with Crippen LogP contribution in [0.25, 0.3) is 22.2 Å². The molecule has 33 heavy (non-hydrogen) atoms. The van der Waals surface area contributed by atoms with Crippen LogP contribution in [0.4, 0.5) is 23.0 Å². The number of aromatic nitrogens is 4. The Balaban J connectivity index is 1.53. The Kier molecular flexibility index (Phi) is 5.49. The molecule has 4 heterocycles. The lowest BCUT2D eigenvalue weighted by molar-refractivity contribution is 0.122. The molecule has 1 fully saturated rings. The van der Waals surface area contributed by atoms with Crippen molar-refractivity contribution in [1.29, 1.82) is 0 Å². The van der Waals surface area contributed by atoms with Crippen LogP contribution in [0.15, 0.2) is 53.6 Å². The Bertz CT molecular complexity index is 1350. The summed E-state index contributed by atoms with van der Waals surface area (Å²) in [7, 11) is 1.48. The first-order chi connectivity index (χ1) is 16.1. The van der Waals surface area contributed by atoms with Crippen LogP contribution in [0, 0.1) is 0 Å². The molecular weight excluding hydrogens is 422 g/mol. The largest absolute Gasteiger partial charge is 0.478 e. The van der Waals surface area contributed by atoms with Gasteiger partial charge in [0, 0.05) is 30.7 Å². The Morgan fingerprint density at radius 2 is 1.91 bits per heavy atom. The SMILES string of the molecule is COc1nc(-c2cc3cc[nH]c(=O)c3c(Nc3ccc(N4CCOCC4)cc3)n2)cnc1N. The molecule has 1 aromatic carbocycles. The van der Waals surface area contributed by atoms with Crippen molar-refractivity contribution in [3.63, 3.8) is 0 Å². The second-order valence-electron chi connectivity index (χ2n) is 7.55. The first-order valence-corrected chi connectivity index (χ1v) is 10.5. The molecule has 1 saturated heterocycles. The van der Waals surface area contributed by atoms with Gasteiger partial charge in [-0.25, -0.2) is 15.0 Å². The lowest BCUT2D eigenvalue weighted by Gasteiger charge is -2.28. The van der Waals surface area contributed by atoms with E-state index in [1.165, 1.54) is 13.3 Å². The number of hydrogen-bond donors (Lipinski definition) is 3. The fourth-order valence-corrected chi connectivity index (χ4v) is 3.80. The van der Waals surface area contributed by atoms with Gasteiger partial charge in [0.25, 0.3) is 11.4 Å². The molecule has 5 rings (SSSR count). The van der Waals surface area contributed by atoms with Gasteiger partial charge in [0.05, 0.1) is 37.6 Å². The van der Waals surface area contributed by atoms with E-state index < -0.39 is 0 Å². The van der Waals surface area contributed by atoms with Crippen LogP contribution < -0.4 is 26.2 Å². The lowest BCUT2D eigenvalue weighted by Crippen LogP contribution is -2.36. The van der Waals surface area contributed by atoms with E-state index in [4.69, 9.17) is 15.2 Å². The van der Waals surface area contributed by atoms with Crippen LogP contribution in [-0.4, -0.2) is 53.3 Å². The topological polar surface area (TPSA) is 131 Å². The van der Waals surface area contributed by atoms with Crippen molar-refractivity contribution in [3.8, 4) is 17.3 Å². The molecule has 3 aromatic heterocycles. The number of nitrogens with zero attached hydrogens (tertiary/aromatic N) is 4. The minimum absolute atomic E-state index is 0.192. The summed E-state index contributed by atoms with van der Waals surface area (Å²) in [6.07, 6.45) is 3.13. The first kappa shape index (κ1) is 20.7. The number of pyridine rings is 2. The van der Waals surface area contributed by atoms with Crippen molar-refractivity contribution < 1.29 is 9.47 Å². The standard InChI is InChI=1S/C23H23N7O3/c1-32-23-20(24)26-13-18(29-23)17-12-14-6-7-25-22(31)19(14)21(28-17)27-15-2-4-16(5-3-15)30-8-10-33-11-9-30/h2-7,12-13H,8-11H2,1H3,(H2,24,26)(H,25,31)(H,27,28). The number of nitrogens with one attached hydrogen (secondary N) is 2. The summed E-state index contributed by atoms with van der Waals surface area (Å²) in [4.78, 5) is 30.8. The number of nitrogens with two attached hydrogens (primary N) is 1.